The zero-order valence-electron chi connectivity index (χ0n) is 11.1. The summed E-state index contributed by atoms with van der Waals surface area (Å²) in [6.45, 7) is 4.46. The lowest BCUT2D eigenvalue weighted by Gasteiger charge is -2.20. The van der Waals surface area contributed by atoms with Crippen LogP contribution in [0.3, 0.4) is 0 Å². The normalized spacial score (nSPS) is 28.3. The molecule has 0 N–H and O–H groups in total. The molecular formula is C13H14BrFN2O3. The third-order valence-corrected chi connectivity index (χ3v) is 3.73. The summed E-state index contributed by atoms with van der Waals surface area (Å²) in [6, 6.07) is 1.36. The molecule has 2 aliphatic rings. The molecule has 0 aliphatic carbocycles. The van der Waals surface area contributed by atoms with Crippen molar-refractivity contribution >= 4 is 21.6 Å². The SMILES string of the molecule is CC1(C)OC[C@@H](C2CON=C2c2ncc(Br)cc2F)O1. The van der Waals surface area contributed by atoms with Crippen LogP contribution in [0.1, 0.15) is 19.5 Å². The highest BCUT2D eigenvalue weighted by molar-refractivity contribution is 9.10. The van der Waals surface area contributed by atoms with Crippen LogP contribution in [0.5, 0.6) is 0 Å². The Balaban J connectivity index is 1.86. The Morgan fingerprint density at radius 3 is 2.85 bits per heavy atom. The van der Waals surface area contributed by atoms with Crippen molar-refractivity contribution in [3.05, 3.63) is 28.2 Å². The minimum Gasteiger partial charge on any atom is -0.395 e. The highest BCUT2D eigenvalue weighted by Gasteiger charge is 2.43. The minimum atomic E-state index is -0.635. The van der Waals surface area contributed by atoms with Crippen LogP contribution in [-0.2, 0) is 14.3 Å². The second-order valence-corrected chi connectivity index (χ2v) is 6.15. The number of hydrogen-bond donors (Lipinski definition) is 0. The zero-order chi connectivity index (χ0) is 14.3. The molecule has 1 aromatic heterocycles. The van der Waals surface area contributed by atoms with Gasteiger partial charge in [-0.25, -0.2) is 4.39 Å². The van der Waals surface area contributed by atoms with E-state index in [-0.39, 0.29) is 17.7 Å². The number of oxime groups is 1. The van der Waals surface area contributed by atoms with Crippen LogP contribution in [0.15, 0.2) is 21.9 Å². The van der Waals surface area contributed by atoms with Gasteiger partial charge >= 0.3 is 0 Å². The Bertz CT molecular complexity index is 565. The Hall–Kier alpha value is -1.05. The van der Waals surface area contributed by atoms with Crippen molar-refractivity contribution < 1.29 is 18.7 Å². The Morgan fingerprint density at radius 2 is 2.20 bits per heavy atom. The van der Waals surface area contributed by atoms with Gasteiger partial charge < -0.3 is 14.3 Å². The zero-order valence-corrected chi connectivity index (χ0v) is 12.7. The molecule has 0 spiro atoms. The molecule has 2 aliphatic heterocycles. The summed E-state index contributed by atoms with van der Waals surface area (Å²) >= 11 is 3.18. The molecule has 7 heteroatoms. The molecule has 0 radical (unpaired) electrons. The van der Waals surface area contributed by atoms with E-state index in [1.807, 2.05) is 13.8 Å². The average Bonchev–Trinajstić information content (AvgIpc) is 2.95. The maximum atomic E-state index is 14.0. The summed E-state index contributed by atoms with van der Waals surface area (Å²) in [6.07, 6.45) is 1.32. The molecule has 1 saturated heterocycles. The van der Waals surface area contributed by atoms with Gasteiger partial charge in [0.25, 0.3) is 0 Å². The Labute approximate surface area is 124 Å². The summed E-state index contributed by atoms with van der Waals surface area (Å²) in [5.74, 6) is -1.25. The molecule has 0 bridgehead atoms. The molecular weight excluding hydrogens is 331 g/mol. The highest BCUT2D eigenvalue weighted by atomic mass is 79.9. The first-order valence-corrected chi connectivity index (χ1v) is 7.08. The topological polar surface area (TPSA) is 52.9 Å². The van der Waals surface area contributed by atoms with E-state index < -0.39 is 11.6 Å². The molecule has 1 fully saturated rings. The van der Waals surface area contributed by atoms with E-state index in [1.165, 1.54) is 12.3 Å². The van der Waals surface area contributed by atoms with Crippen molar-refractivity contribution in [2.75, 3.05) is 13.2 Å². The van der Waals surface area contributed by atoms with Crippen molar-refractivity contribution in [2.24, 2.45) is 11.1 Å². The van der Waals surface area contributed by atoms with E-state index in [9.17, 15) is 4.39 Å². The fourth-order valence-electron chi connectivity index (χ4n) is 2.35. The second-order valence-electron chi connectivity index (χ2n) is 5.23. The molecule has 20 heavy (non-hydrogen) atoms. The van der Waals surface area contributed by atoms with Gasteiger partial charge in [-0.15, -0.1) is 0 Å². The van der Waals surface area contributed by atoms with E-state index >= 15 is 0 Å². The van der Waals surface area contributed by atoms with Crippen molar-refractivity contribution in [1.29, 1.82) is 0 Å². The van der Waals surface area contributed by atoms with Crippen molar-refractivity contribution in [1.82, 2.24) is 4.98 Å². The third kappa shape index (κ3) is 2.57. The van der Waals surface area contributed by atoms with Gasteiger partial charge in [-0.1, -0.05) is 5.16 Å². The molecule has 1 unspecified atom stereocenters. The van der Waals surface area contributed by atoms with Crippen LogP contribution in [0.25, 0.3) is 0 Å². The summed E-state index contributed by atoms with van der Waals surface area (Å²) < 4.78 is 25.9. The highest BCUT2D eigenvalue weighted by Crippen LogP contribution is 2.31. The number of hydrogen-bond acceptors (Lipinski definition) is 5. The van der Waals surface area contributed by atoms with E-state index in [4.69, 9.17) is 14.3 Å². The standard InChI is InChI=1S/C13H14BrFN2O3/c1-13(2)18-6-10(20-13)8-5-19-17-11(8)12-9(15)3-7(14)4-16-12/h3-4,8,10H,5-6H2,1-2H3/t8?,10-/m0/s1. The van der Waals surface area contributed by atoms with Gasteiger partial charge in [0.2, 0.25) is 0 Å². The van der Waals surface area contributed by atoms with E-state index in [1.54, 1.807) is 0 Å². The first-order valence-electron chi connectivity index (χ1n) is 6.29. The van der Waals surface area contributed by atoms with Gasteiger partial charge in [-0.2, -0.15) is 0 Å². The number of rotatable bonds is 2. The molecule has 1 aromatic rings. The summed E-state index contributed by atoms with van der Waals surface area (Å²) in [5.41, 5.74) is 0.672. The van der Waals surface area contributed by atoms with Crippen molar-refractivity contribution in [2.45, 2.75) is 25.7 Å². The molecule has 0 amide bonds. The molecule has 108 valence electrons. The number of pyridine rings is 1. The van der Waals surface area contributed by atoms with Crippen LogP contribution < -0.4 is 0 Å². The lowest BCUT2D eigenvalue weighted by Crippen LogP contribution is -2.33. The van der Waals surface area contributed by atoms with Gasteiger partial charge in [-0.05, 0) is 35.8 Å². The summed E-state index contributed by atoms with van der Waals surface area (Å²) in [4.78, 5) is 9.21. The maximum absolute atomic E-state index is 14.0. The smallest absolute Gasteiger partial charge is 0.163 e. The number of aromatic nitrogens is 1. The van der Waals surface area contributed by atoms with Gasteiger partial charge in [0.15, 0.2) is 11.6 Å². The average molecular weight is 345 g/mol. The second kappa shape index (κ2) is 5.05. The quantitative estimate of drug-likeness (QED) is 0.827. The van der Waals surface area contributed by atoms with E-state index in [2.05, 4.69) is 26.1 Å². The first kappa shape index (κ1) is 13.9. The van der Waals surface area contributed by atoms with Crippen LogP contribution >= 0.6 is 15.9 Å². The monoisotopic (exact) mass is 344 g/mol. The van der Waals surface area contributed by atoms with E-state index in [0.29, 0.717) is 23.4 Å². The van der Waals surface area contributed by atoms with Crippen LogP contribution in [0.4, 0.5) is 4.39 Å². The van der Waals surface area contributed by atoms with Gasteiger partial charge in [0.05, 0.1) is 18.6 Å². The molecule has 0 aromatic carbocycles. The minimum absolute atomic E-state index is 0.181. The fraction of sp³-hybridized carbons (Fsp3) is 0.538. The lowest BCUT2D eigenvalue weighted by molar-refractivity contribution is -0.142. The van der Waals surface area contributed by atoms with Crippen LogP contribution in [-0.4, -0.2) is 35.8 Å². The number of nitrogens with zero attached hydrogens (tertiary/aromatic N) is 2. The molecule has 3 heterocycles. The van der Waals surface area contributed by atoms with Crippen LogP contribution in [0, 0.1) is 11.7 Å². The van der Waals surface area contributed by atoms with Gasteiger partial charge in [0, 0.05) is 10.7 Å². The van der Waals surface area contributed by atoms with Gasteiger partial charge in [-0.3, -0.25) is 4.98 Å². The number of halogens is 2. The molecule has 0 saturated carbocycles. The van der Waals surface area contributed by atoms with Crippen LogP contribution in [0.2, 0.25) is 0 Å². The van der Waals surface area contributed by atoms with Crippen molar-refractivity contribution in [3.8, 4) is 0 Å². The lowest BCUT2D eigenvalue weighted by atomic mass is 9.95. The maximum Gasteiger partial charge on any atom is 0.163 e. The predicted molar refractivity (Wildman–Crippen MR) is 72.8 cm³/mol. The Morgan fingerprint density at radius 1 is 1.40 bits per heavy atom. The summed E-state index contributed by atoms with van der Waals surface area (Å²) in [7, 11) is 0. The van der Waals surface area contributed by atoms with Crippen molar-refractivity contribution in [3.63, 3.8) is 0 Å². The molecule has 5 nitrogen and oxygen atoms in total. The fourth-order valence-corrected chi connectivity index (χ4v) is 2.66. The predicted octanol–water partition coefficient (Wildman–Crippen LogP) is 2.49. The summed E-state index contributed by atoms with van der Waals surface area (Å²) in [5, 5.41) is 3.93. The molecule has 2 atom stereocenters. The largest absolute Gasteiger partial charge is 0.395 e. The molecule has 3 rings (SSSR count). The third-order valence-electron chi connectivity index (χ3n) is 3.30. The first-order chi connectivity index (χ1) is 9.46. The number of ether oxygens (including phenoxy) is 2. The Kier molecular flexibility index (Phi) is 3.51. The van der Waals surface area contributed by atoms with Gasteiger partial charge in [0.1, 0.15) is 18.0 Å². The van der Waals surface area contributed by atoms with E-state index in [0.717, 1.165) is 0 Å².